The minimum Gasteiger partial charge on any atom is -0.456 e. The number of carbonyl (C=O) groups excluding carboxylic acids is 1. The molecule has 1 saturated heterocycles. The molecule has 2 fully saturated rings. The fraction of sp³-hybridized carbons (Fsp3) is 0.643. The molecule has 1 amide bonds. The van der Waals surface area contributed by atoms with Crippen LogP contribution in [0.5, 0.6) is 0 Å². The zero-order valence-electron chi connectivity index (χ0n) is 11.0. The molecule has 1 aromatic heterocycles. The predicted octanol–water partition coefficient (Wildman–Crippen LogP) is 1.71. The summed E-state index contributed by atoms with van der Waals surface area (Å²) in [5.41, 5.74) is 7.02. The molecular weight excluding hydrogens is 228 g/mol. The van der Waals surface area contributed by atoms with Crippen LogP contribution in [0, 0.1) is 25.7 Å². The van der Waals surface area contributed by atoms with Gasteiger partial charge in [-0.05, 0) is 44.6 Å². The summed E-state index contributed by atoms with van der Waals surface area (Å²) in [6, 6.07) is 2.18. The van der Waals surface area contributed by atoms with Crippen molar-refractivity contribution in [3.05, 3.63) is 23.2 Å². The maximum absolute atomic E-state index is 12.4. The minimum atomic E-state index is 0.0298. The van der Waals surface area contributed by atoms with E-state index in [0.29, 0.717) is 17.6 Å². The number of nitrogens with zero attached hydrogens (tertiary/aromatic N) is 1. The highest BCUT2D eigenvalue weighted by atomic mass is 16.4. The highest BCUT2D eigenvalue weighted by Crippen LogP contribution is 2.37. The van der Waals surface area contributed by atoms with E-state index in [4.69, 9.17) is 10.2 Å². The lowest BCUT2D eigenvalue weighted by Gasteiger charge is -2.17. The molecule has 4 heteroatoms. The van der Waals surface area contributed by atoms with Gasteiger partial charge in [0.25, 0.3) is 5.91 Å². The molecule has 1 aliphatic carbocycles. The average molecular weight is 248 g/mol. The Labute approximate surface area is 107 Å². The summed E-state index contributed by atoms with van der Waals surface area (Å²) in [6.07, 6.45) is 2.27. The van der Waals surface area contributed by atoms with Gasteiger partial charge in [0.05, 0.1) is 0 Å². The Morgan fingerprint density at radius 2 is 2.17 bits per heavy atom. The molecule has 18 heavy (non-hydrogen) atoms. The normalized spacial score (nSPS) is 30.8. The number of hydrogen-bond acceptors (Lipinski definition) is 3. The number of carbonyl (C=O) groups is 1. The largest absolute Gasteiger partial charge is 0.456 e. The maximum atomic E-state index is 12.4. The molecule has 1 aromatic rings. The number of fused-ring (bicyclic) bond motifs is 1. The topological polar surface area (TPSA) is 59.5 Å². The number of aryl methyl sites for hydroxylation is 2. The number of nitrogens with two attached hydrogens (primary N) is 1. The Balaban J connectivity index is 1.77. The van der Waals surface area contributed by atoms with Gasteiger partial charge in [-0.1, -0.05) is 0 Å². The summed E-state index contributed by atoms with van der Waals surface area (Å²) in [5.74, 6) is 2.42. The van der Waals surface area contributed by atoms with Gasteiger partial charge in [-0.2, -0.15) is 0 Å². The van der Waals surface area contributed by atoms with Gasteiger partial charge < -0.3 is 15.1 Å². The standard InChI is InChI=1S/C14H20N2O2/c1-8-5-9(2)18-13(8)14(17)16-6-10-3-4-12(15)11(10)7-16/h5,10-12H,3-4,6-7,15H2,1-2H3. The van der Waals surface area contributed by atoms with Crippen molar-refractivity contribution in [2.24, 2.45) is 17.6 Å². The summed E-state index contributed by atoms with van der Waals surface area (Å²) < 4.78 is 5.51. The molecule has 3 unspecified atom stereocenters. The lowest BCUT2D eigenvalue weighted by atomic mass is 9.98. The molecule has 0 radical (unpaired) electrons. The SMILES string of the molecule is Cc1cc(C)c(C(=O)N2CC3CCC(N)C3C2)o1. The van der Waals surface area contributed by atoms with Gasteiger partial charge in [-0.3, -0.25) is 4.79 Å². The quantitative estimate of drug-likeness (QED) is 0.823. The van der Waals surface area contributed by atoms with Gasteiger partial charge >= 0.3 is 0 Å². The number of rotatable bonds is 1. The van der Waals surface area contributed by atoms with E-state index >= 15 is 0 Å². The van der Waals surface area contributed by atoms with Crippen molar-refractivity contribution in [3.63, 3.8) is 0 Å². The van der Waals surface area contributed by atoms with E-state index in [1.165, 1.54) is 0 Å². The molecule has 1 saturated carbocycles. The van der Waals surface area contributed by atoms with Crippen LogP contribution in [0.2, 0.25) is 0 Å². The second-order valence-electron chi connectivity index (χ2n) is 5.74. The number of likely N-dealkylation sites (tertiary alicyclic amines) is 1. The molecule has 1 aliphatic heterocycles. The third-order valence-electron chi connectivity index (χ3n) is 4.43. The van der Waals surface area contributed by atoms with Crippen LogP contribution in [-0.4, -0.2) is 29.9 Å². The maximum Gasteiger partial charge on any atom is 0.289 e. The number of furan rings is 1. The fourth-order valence-corrected chi connectivity index (χ4v) is 3.47. The van der Waals surface area contributed by atoms with Crippen molar-refractivity contribution in [2.75, 3.05) is 13.1 Å². The van der Waals surface area contributed by atoms with Crippen molar-refractivity contribution in [2.45, 2.75) is 32.7 Å². The smallest absolute Gasteiger partial charge is 0.289 e. The molecule has 3 atom stereocenters. The Morgan fingerprint density at radius 3 is 2.78 bits per heavy atom. The van der Waals surface area contributed by atoms with E-state index in [1.54, 1.807) is 0 Å². The van der Waals surface area contributed by atoms with Crippen LogP contribution in [0.1, 0.15) is 34.7 Å². The van der Waals surface area contributed by atoms with Crippen LogP contribution in [0.4, 0.5) is 0 Å². The summed E-state index contributed by atoms with van der Waals surface area (Å²) in [6.45, 7) is 5.44. The van der Waals surface area contributed by atoms with E-state index in [2.05, 4.69) is 0 Å². The van der Waals surface area contributed by atoms with Crippen molar-refractivity contribution in [1.29, 1.82) is 0 Å². The van der Waals surface area contributed by atoms with Crippen LogP contribution in [0.15, 0.2) is 10.5 Å². The van der Waals surface area contributed by atoms with E-state index in [0.717, 1.165) is 37.3 Å². The molecule has 4 nitrogen and oxygen atoms in total. The first kappa shape index (κ1) is 11.8. The van der Waals surface area contributed by atoms with Gasteiger partial charge in [-0.15, -0.1) is 0 Å². The molecular formula is C14H20N2O2. The van der Waals surface area contributed by atoms with Crippen LogP contribution in [0.25, 0.3) is 0 Å². The molecule has 2 N–H and O–H groups in total. The summed E-state index contributed by atoms with van der Waals surface area (Å²) in [4.78, 5) is 14.3. The van der Waals surface area contributed by atoms with Gasteiger partial charge in [-0.25, -0.2) is 0 Å². The second-order valence-corrected chi connectivity index (χ2v) is 5.74. The van der Waals surface area contributed by atoms with Crippen molar-refractivity contribution < 1.29 is 9.21 Å². The molecule has 0 spiro atoms. The predicted molar refractivity (Wildman–Crippen MR) is 68.3 cm³/mol. The Bertz CT molecular complexity index is 480. The number of hydrogen-bond donors (Lipinski definition) is 1. The van der Waals surface area contributed by atoms with E-state index in [9.17, 15) is 4.79 Å². The lowest BCUT2D eigenvalue weighted by Crippen LogP contribution is -2.33. The van der Waals surface area contributed by atoms with Crippen molar-refractivity contribution in [3.8, 4) is 0 Å². The van der Waals surface area contributed by atoms with E-state index in [-0.39, 0.29) is 11.9 Å². The summed E-state index contributed by atoms with van der Waals surface area (Å²) >= 11 is 0. The second kappa shape index (κ2) is 4.12. The van der Waals surface area contributed by atoms with Crippen LogP contribution < -0.4 is 5.73 Å². The van der Waals surface area contributed by atoms with Crippen LogP contribution >= 0.6 is 0 Å². The highest BCUT2D eigenvalue weighted by molar-refractivity contribution is 5.93. The van der Waals surface area contributed by atoms with Crippen molar-refractivity contribution in [1.82, 2.24) is 4.90 Å². The molecule has 2 aliphatic rings. The molecule has 3 rings (SSSR count). The molecule has 2 heterocycles. The van der Waals surface area contributed by atoms with Crippen LogP contribution in [-0.2, 0) is 0 Å². The first-order valence-electron chi connectivity index (χ1n) is 6.68. The highest BCUT2D eigenvalue weighted by Gasteiger charge is 2.43. The lowest BCUT2D eigenvalue weighted by molar-refractivity contribution is 0.0745. The third kappa shape index (κ3) is 1.75. The van der Waals surface area contributed by atoms with Gasteiger partial charge in [0.2, 0.25) is 0 Å². The summed E-state index contributed by atoms with van der Waals surface area (Å²) in [7, 11) is 0. The number of amides is 1. The average Bonchev–Trinajstić information content (AvgIpc) is 2.96. The molecule has 0 bridgehead atoms. The van der Waals surface area contributed by atoms with E-state index in [1.807, 2.05) is 24.8 Å². The fourth-order valence-electron chi connectivity index (χ4n) is 3.47. The first-order valence-corrected chi connectivity index (χ1v) is 6.68. The van der Waals surface area contributed by atoms with Gasteiger partial charge in [0.1, 0.15) is 5.76 Å². The molecule has 0 aromatic carbocycles. The Morgan fingerprint density at radius 1 is 1.39 bits per heavy atom. The third-order valence-corrected chi connectivity index (χ3v) is 4.43. The van der Waals surface area contributed by atoms with Crippen molar-refractivity contribution >= 4 is 5.91 Å². The zero-order chi connectivity index (χ0) is 12.9. The molecule has 98 valence electrons. The zero-order valence-corrected chi connectivity index (χ0v) is 11.0. The Hall–Kier alpha value is -1.29. The first-order chi connectivity index (χ1) is 8.56. The van der Waals surface area contributed by atoms with E-state index < -0.39 is 0 Å². The van der Waals surface area contributed by atoms with Gasteiger partial charge in [0.15, 0.2) is 5.76 Å². The monoisotopic (exact) mass is 248 g/mol. The minimum absolute atomic E-state index is 0.0298. The van der Waals surface area contributed by atoms with Gasteiger partial charge in [0, 0.05) is 24.7 Å². The Kier molecular flexibility index (Phi) is 2.70. The van der Waals surface area contributed by atoms with Crippen LogP contribution in [0.3, 0.4) is 0 Å². The summed E-state index contributed by atoms with van der Waals surface area (Å²) in [5, 5.41) is 0.